The van der Waals surface area contributed by atoms with Crippen LogP contribution in [0.3, 0.4) is 0 Å². The highest BCUT2D eigenvalue weighted by Crippen LogP contribution is 2.26. The molecule has 0 saturated carbocycles. The number of aromatic nitrogens is 1. The van der Waals surface area contributed by atoms with Crippen LogP contribution in [0.2, 0.25) is 5.02 Å². The van der Waals surface area contributed by atoms with Crippen LogP contribution in [0.5, 0.6) is 0 Å². The van der Waals surface area contributed by atoms with E-state index in [0.717, 1.165) is 39.9 Å². The Kier molecular flexibility index (Phi) is 5.26. The van der Waals surface area contributed by atoms with Gasteiger partial charge in [0.1, 0.15) is 0 Å². The van der Waals surface area contributed by atoms with E-state index >= 15 is 0 Å². The summed E-state index contributed by atoms with van der Waals surface area (Å²) in [5.74, 6) is 0. The molecule has 0 radical (unpaired) electrons. The molecule has 0 aliphatic rings. The number of unbranched alkanes of at least 4 members (excludes halogenated alkanes) is 2. The Morgan fingerprint density at radius 3 is 2.63 bits per heavy atom. The van der Waals surface area contributed by atoms with Crippen LogP contribution in [-0.2, 0) is 0 Å². The first-order chi connectivity index (χ1) is 13.3. The van der Waals surface area contributed by atoms with Crippen LogP contribution in [0.1, 0.15) is 26.2 Å². The van der Waals surface area contributed by atoms with Gasteiger partial charge in [-0.1, -0.05) is 67.8 Å². The summed E-state index contributed by atoms with van der Waals surface area (Å²) in [6, 6.07) is 23.0. The average Bonchev–Trinajstić information content (AvgIpc) is 2.70. The number of fused-ring (bicyclic) bond motifs is 2. The molecular formula is C24H23ClN2. The van der Waals surface area contributed by atoms with E-state index in [-0.39, 0.29) is 0 Å². The van der Waals surface area contributed by atoms with Crippen molar-refractivity contribution in [3.63, 3.8) is 0 Å². The summed E-state index contributed by atoms with van der Waals surface area (Å²) in [5, 5.41) is 5.35. The summed E-state index contributed by atoms with van der Waals surface area (Å²) in [4.78, 5) is 4.84. The summed E-state index contributed by atoms with van der Waals surface area (Å²) in [6.45, 7) is 3.08. The zero-order valence-corrected chi connectivity index (χ0v) is 16.3. The number of halogens is 1. The van der Waals surface area contributed by atoms with Gasteiger partial charge in [0.05, 0.1) is 16.6 Å². The molecule has 0 saturated heterocycles. The van der Waals surface area contributed by atoms with Crippen molar-refractivity contribution in [2.75, 3.05) is 6.54 Å². The fourth-order valence-corrected chi connectivity index (χ4v) is 3.73. The smallest absolute Gasteiger partial charge is 0.0682 e. The lowest BCUT2D eigenvalue weighted by Gasteiger charge is -2.14. The summed E-state index contributed by atoms with van der Waals surface area (Å²) >= 11 is 6.35. The first-order valence-corrected chi connectivity index (χ1v) is 9.95. The molecule has 136 valence electrons. The molecule has 1 heterocycles. The van der Waals surface area contributed by atoms with Crippen LogP contribution >= 0.6 is 11.6 Å². The standard InChI is InChI=1S/C24H23ClN2/c1-2-3-6-15-26-22-14-16-27(24-17-19(25)12-13-21(22)24)23-11-7-9-18-8-4-5-10-20(18)23/h4-5,7-14,16-17H,2-3,6,15H2,1H3. The van der Waals surface area contributed by atoms with Gasteiger partial charge < -0.3 is 4.57 Å². The van der Waals surface area contributed by atoms with E-state index in [1.807, 2.05) is 12.1 Å². The lowest BCUT2D eigenvalue weighted by Crippen LogP contribution is -2.09. The van der Waals surface area contributed by atoms with Gasteiger partial charge in [-0.05, 0) is 42.1 Å². The van der Waals surface area contributed by atoms with Gasteiger partial charge in [0, 0.05) is 28.5 Å². The van der Waals surface area contributed by atoms with Gasteiger partial charge in [-0.2, -0.15) is 0 Å². The molecule has 27 heavy (non-hydrogen) atoms. The molecule has 3 heteroatoms. The highest BCUT2D eigenvalue weighted by atomic mass is 35.5. The van der Waals surface area contributed by atoms with Crippen LogP contribution in [0, 0.1) is 0 Å². The van der Waals surface area contributed by atoms with Crippen LogP contribution in [0.4, 0.5) is 0 Å². The highest BCUT2D eigenvalue weighted by Gasteiger charge is 2.07. The molecule has 0 N–H and O–H groups in total. The molecular weight excluding hydrogens is 352 g/mol. The molecule has 4 aromatic rings. The lowest BCUT2D eigenvalue weighted by atomic mass is 10.1. The largest absolute Gasteiger partial charge is 0.316 e. The molecule has 0 aliphatic heterocycles. The maximum atomic E-state index is 6.35. The average molecular weight is 375 g/mol. The molecule has 0 aliphatic carbocycles. The van der Waals surface area contributed by atoms with Crippen molar-refractivity contribution >= 4 is 33.3 Å². The zero-order chi connectivity index (χ0) is 18.6. The van der Waals surface area contributed by atoms with Crippen molar-refractivity contribution in [2.45, 2.75) is 26.2 Å². The molecule has 0 bridgehead atoms. The maximum Gasteiger partial charge on any atom is 0.0682 e. The van der Waals surface area contributed by atoms with Crippen LogP contribution in [0.15, 0.2) is 77.9 Å². The van der Waals surface area contributed by atoms with E-state index in [9.17, 15) is 0 Å². The molecule has 4 rings (SSSR count). The van der Waals surface area contributed by atoms with Crippen LogP contribution in [0.25, 0.3) is 27.4 Å². The molecule has 1 aromatic heterocycles. The summed E-state index contributed by atoms with van der Waals surface area (Å²) in [7, 11) is 0. The van der Waals surface area contributed by atoms with Crippen molar-refractivity contribution in [3.8, 4) is 5.69 Å². The van der Waals surface area contributed by atoms with Crippen molar-refractivity contribution in [1.29, 1.82) is 0 Å². The number of benzene rings is 3. The monoisotopic (exact) mass is 374 g/mol. The Labute approximate surface area is 164 Å². The zero-order valence-electron chi connectivity index (χ0n) is 15.5. The van der Waals surface area contributed by atoms with Crippen molar-refractivity contribution < 1.29 is 0 Å². The fourth-order valence-electron chi connectivity index (χ4n) is 3.56. The first-order valence-electron chi connectivity index (χ1n) is 9.57. The van der Waals surface area contributed by atoms with Crippen LogP contribution in [-0.4, -0.2) is 11.1 Å². The molecule has 0 spiro atoms. The van der Waals surface area contributed by atoms with E-state index in [4.69, 9.17) is 16.6 Å². The Balaban J connectivity index is 1.93. The number of hydrogen-bond donors (Lipinski definition) is 0. The molecule has 0 fully saturated rings. The Morgan fingerprint density at radius 1 is 0.889 bits per heavy atom. The Bertz CT molecular complexity index is 1150. The topological polar surface area (TPSA) is 17.3 Å². The Morgan fingerprint density at radius 2 is 1.74 bits per heavy atom. The second kappa shape index (κ2) is 7.98. The third-order valence-electron chi connectivity index (χ3n) is 4.95. The van der Waals surface area contributed by atoms with Gasteiger partial charge in [-0.15, -0.1) is 0 Å². The lowest BCUT2D eigenvalue weighted by molar-refractivity contribution is 0.721. The van der Waals surface area contributed by atoms with E-state index in [2.05, 4.69) is 72.3 Å². The predicted octanol–water partition coefficient (Wildman–Crippen LogP) is 6.53. The first kappa shape index (κ1) is 17.8. The van der Waals surface area contributed by atoms with Gasteiger partial charge in [0.25, 0.3) is 0 Å². The van der Waals surface area contributed by atoms with Gasteiger partial charge in [0.2, 0.25) is 0 Å². The third kappa shape index (κ3) is 3.63. The predicted molar refractivity (Wildman–Crippen MR) is 116 cm³/mol. The quantitative estimate of drug-likeness (QED) is 0.353. The molecule has 3 aromatic carbocycles. The Hall–Kier alpha value is -2.58. The van der Waals surface area contributed by atoms with Gasteiger partial charge >= 0.3 is 0 Å². The van der Waals surface area contributed by atoms with Gasteiger partial charge in [0.15, 0.2) is 0 Å². The second-order valence-corrected chi connectivity index (χ2v) is 7.26. The third-order valence-corrected chi connectivity index (χ3v) is 5.18. The van der Waals surface area contributed by atoms with Crippen molar-refractivity contribution in [3.05, 3.63) is 83.3 Å². The number of pyridine rings is 1. The highest BCUT2D eigenvalue weighted by molar-refractivity contribution is 6.31. The minimum atomic E-state index is 0.736. The van der Waals surface area contributed by atoms with E-state index in [1.165, 1.54) is 23.6 Å². The number of hydrogen-bond acceptors (Lipinski definition) is 1. The molecule has 0 unspecified atom stereocenters. The van der Waals surface area contributed by atoms with E-state index in [0.29, 0.717) is 0 Å². The van der Waals surface area contributed by atoms with Gasteiger partial charge in [-0.3, -0.25) is 4.99 Å². The molecule has 2 nitrogen and oxygen atoms in total. The SMILES string of the molecule is CCCCCN=c1ccn(-c2cccc3ccccc23)c2cc(Cl)ccc12. The summed E-state index contributed by atoms with van der Waals surface area (Å²) in [6.07, 6.45) is 5.67. The number of nitrogens with zero attached hydrogens (tertiary/aromatic N) is 2. The van der Waals surface area contributed by atoms with E-state index < -0.39 is 0 Å². The van der Waals surface area contributed by atoms with Crippen LogP contribution < -0.4 is 5.36 Å². The van der Waals surface area contributed by atoms with E-state index in [1.54, 1.807) is 0 Å². The van der Waals surface area contributed by atoms with Gasteiger partial charge in [-0.25, -0.2) is 0 Å². The summed E-state index contributed by atoms with van der Waals surface area (Å²) in [5.41, 5.74) is 2.23. The molecule has 0 amide bonds. The van der Waals surface area contributed by atoms with Crippen molar-refractivity contribution in [1.82, 2.24) is 4.57 Å². The normalized spacial score (nSPS) is 12.1. The maximum absolute atomic E-state index is 6.35. The second-order valence-electron chi connectivity index (χ2n) is 6.82. The minimum absolute atomic E-state index is 0.736. The fraction of sp³-hybridized carbons (Fsp3) is 0.208. The molecule has 0 atom stereocenters. The summed E-state index contributed by atoms with van der Waals surface area (Å²) < 4.78 is 2.22. The minimum Gasteiger partial charge on any atom is -0.316 e. The van der Waals surface area contributed by atoms with Crippen molar-refractivity contribution in [2.24, 2.45) is 4.99 Å². The number of rotatable bonds is 5.